The molecule has 1 saturated heterocycles. The maximum absolute atomic E-state index is 12.8. The maximum atomic E-state index is 12.8. The summed E-state index contributed by atoms with van der Waals surface area (Å²) in [4.78, 5) is 38.8. The molecule has 0 unspecified atom stereocenters. The van der Waals surface area contributed by atoms with Crippen LogP contribution < -0.4 is 5.32 Å². The van der Waals surface area contributed by atoms with Crippen LogP contribution in [-0.2, 0) is 20.7 Å². The monoisotopic (exact) mass is 364 g/mol. The second-order valence-electron chi connectivity index (χ2n) is 6.74. The normalized spacial score (nSPS) is 21.1. The average molecular weight is 364 g/mol. The fourth-order valence-electron chi connectivity index (χ4n) is 3.64. The Balaban J connectivity index is 1.56. The Bertz CT molecular complexity index is 907. The summed E-state index contributed by atoms with van der Waals surface area (Å²) in [6.07, 6.45) is 0.727. The van der Waals surface area contributed by atoms with Gasteiger partial charge in [-0.05, 0) is 36.6 Å². The van der Waals surface area contributed by atoms with E-state index < -0.39 is 18.2 Å². The van der Waals surface area contributed by atoms with Crippen molar-refractivity contribution in [3.05, 3.63) is 65.2 Å². The Hall–Kier alpha value is -3.15. The lowest BCUT2D eigenvalue weighted by atomic mass is 10.1. The number of anilines is 1. The molecule has 2 atom stereocenters. The van der Waals surface area contributed by atoms with Gasteiger partial charge in [-0.3, -0.25) is 14.5 Å². The summed E-state index contributed by atoms with van der Waals surface area (Å²) >= 11 is 0. The van der Waals surface area contributed by atoms with Crippen molar-refractivity contribution in [3.63, 3.8) is 0 Å². The Kier molecular flexibility index (Phi) is 4.39. The summed E-state index contributed by atoms with van der Waals surface area (Å²) < 4.78 is 5.43. The van der Waals surface area contributed by atoms with Crippen molar-refractivity contribution in [2.45, 2.75) is 38.5 Å². The van der Waals surface area contributed by atoms with Gasteiger partial charge in [0.1, 0.15) is 6.04 Å². The standard InChI is InChI=1S/C21H20N2O4/c1-2-13-7-9-14(10-8-13)22-19(25)17-11-12-18(24)23(17)20-15-5-3-4-6-16(15)21(26)27-20/h3-10,17,20H,2,11-12H2,1H3,(H,22,25)/t17-,20+/m1/s1. The summed E-state index contributed by atoms with van der Waals surface area (Å²) in [6.45, 7) is 2.07. The Morgan fingerprint density at radius 1 is 1.15 bits per heavy atom. The molecule has 2 aliphatic heterocycles. The first-order valence-corrected chi connectivity index (χ1v) is 9.09. The summed E-state index contributed by atoms with van der Waals surface area (Å²) in [5.74, 6) is -0.930. The number of cyclic esters (lactones) is 1. The van der Waals surface area contributed by atoms with Crippen LogP contribution in [0.5, 0.6) is 0 Å². The van der Waals surface area contributed by atoms with E-state index in [9.17, 15) is 14.4 Å². The van der Waals surface area contributed by atoms with Crippen molar-refractivity contribution in [2.75, 3.05) is 5.32 Å². The van der Waals surface area contributed by atoms with Gasteiger partial charge in [0, 0.05) is 17.7 Å². The first-order chi connectivity index (χ1) is 13.1. The minimum absolute atomic E-state index is 0.189. The summed E-state index contributed by atoms with van der Waals surface area (Å²) in [5.41, 5.74) is 2.93. The number of carbonyl (C=O) groups is 3. The fraction of sp³-hybridized carbons (Fsp3) is 0.286. The molecule has 27 heavy (non-hydrogen) atoms. The molecular formula is C21H20N2O4. The molecule has 2 aromatic carbocycles. The lowest BCUT2D eigenvalue weighted by Crippen LogP contribution is -2.43. The van der Waals surface area contributed by atoms with Crippen LogP contribution in [0, 0.1) is 0 Å². The van der Waals surface area contributed by atoms with Crippen LogP contribution in [0.1, 0.15) is 47.5 Å². The quantitative estimate of drug-likeness (QED) is 0.846. The van der Waals surface area contributed by atoms with E-state index in [-0.39, 0.29) is 18.2 Å². The maximum Gasteiger partial charge on any atom is 0.340 e. The highest BCUT2D eigenvalue weighted by atomic mass is 16.6. The van der Waals surface area contributed by atoms with Crippen LogP contribution >= 0.6 is 0 Å². The Morgan fingerprint density at radius 3 is 2.63 bits per heavy atom. The predicted octanol–water partition coefficient (Wildman–Crippen LogP) is 3.05. The highest BCUT2D eigenvalue weighted by Gasteiger charge is 2.46. The van der Waals surface area contributed by atoms with E-state index in [0.29, 0.717) is 23.2 Å². The highest BCUT2D eigenvalue weighted by Crippen LogP contribution is 2.38. The minimum atomic E-state index is -0.845. The SMILES string of the molecule is CCc1ccc(NC(=O)[C@H]2CCC(=O)N2[C@H]2OC(=O)c3ccccc32)cc1. The van der Waals surface area contributed by atoms with Gasteiger partial charge in [0.25, 0.3) is 0 Å². The third kappa shape index (κ3) is 3.07. The topological polar surface area (TPSA) is 75.7 Å². The predicted molar refractivity (Wildman–Crippen MR) is 98.9 cm³/mol. The smallest absolute Gasteiger partial charge is 0.340 e. The third-order valence-electron chi connectivity index (χ3n) is 5.11. The number of nitrogens with zero attached hydrogens (tertiary/aromatic N) is 1. The molecule has 6 heteroatoms. The van der Waals surface area contributed by atoms with Crippen LogP contribution in [0.4, 0.5) is 5.69 Å². The summed E-state index contributed by atoms with van der Waals surface area (Å²) in [5, 5.41) is 2.87. The van der Waals surface area contributed by atoms with Gasteiger partial charge in [-0.2, -0.15) is 0 Å². The largest absolute Gasteiger partial charge is 0.433 e. The van der Waals surface area contributed by atoms with Crippen LogP contribution in [0.3, 0.4) is 0 Å². The molecule has 0 radical (unpaired) electrons. The molecule has 6 nitrogen and oxygen atoms in total. The minimum Gasteiger partial charge on any atom is -0.433 e. The molecule has 138 valence electrons. The molecule has 2 aliphatic rings. The number of aryl methyl sites for hydroxylation is 1. The first kappa shape index (κ1) is 17.3. The van der Waals surface area contributed by atoms with Gasteiger partial charge in [0.05, 0.1) is 5.56 Å². The molecule has 0 aromatic heterocycles. The van der Waals surface area contributed by atoms with E-state index >= 15 is 0 Å². The van der Waals surface area contributed by atoms with Crippen LogP contribution in [-0.4, -0.2) is 28.7 Å². The number of nitrogens with one attached hydrogen (secondary N) is 1. The van der Waals surface area contributed by atoms with E-state index in [1.165, 1.54) is 10.5 Å². The number of fused-ring (bicyclic) bond motifs is 1. The number of esters is 1. The number of amides is 2. The van der Waals surface area contributed by atoms with Crippen LogP contribution in [0.15, 0.2) is 48.5 Å². The molecule has 0 bridgehead atoms. The summed E-state index contributed by atoms with van der Waals surface area (Å²) in [7, 11) is 0. The number of ether oxygens (including phenoxy) is 1. The highest BCUT2D eigenvalue weighted by molar-refractivity contribution is 6.00. The van der Waals surface area contributed by atoms with E-state index in [1.54, 1.807) is 24.3 Å². The van der Waals surface area contributed by atoms with Gasteiger partial charge in [0.15, 0.2) is 0 Å². The first-order valence-electron chi connectivity index (χ1n) is 9.09. The van der Waals surface area contributed by atoms with Gasteiger partial charge < -0.3 is 10.1 Å². The average Bonchev–Trinajstić information content (AvgIpc) is 3.22. The number of likely N-dealkylation sites (tertiary alicyclic amines) is 1. The van der Waals surface area contributed by atoms with E-state index in [0.717, 1.165) is 6.42 Å². The Labute approximate surface area is 157 Å². The zero-order valence-corrected chi connectivity index (χ0v) is 15.0. The zero-order chi connectivity index (χ0) is 19.0. The molecule has 0 spiro atoms. The van der Waals surface area contributed by atoms with Crippen LogP contribution in [0.2, 0.25) is 0 Å². The van der Waals surface area contributed by atoms with Gasteiger partial charge in [0.2, 0.25) is 18.0 Å². The molecule has 0 aliphatic carbocycles. The third-order valence-corrected chi connectivity index (χ3v) is 5.11. The molecule has 2 aromatic rings. The van der Waals surface area contributed by atoms with Gasteiger partial charge >= 0.3 is 5.97 Å². The fourth-order valence-corrected chi connectivity index (χ4v) is 3.64. The lowest BCUT2D eigenvalue weighted by Gasteiger charge is -2.29. The van der Waals surface area contributed by atoms with E-state index in [4.69, 9.17) is 4.74 Å². The van der Waals surface area contributed by atoms with Gasteiger partial charge in [-0.25, -0.2) is 4.79 Å². The molecule has 0 saturated carbocycles. The van der Waals surface area contributed by atoms with Crippen molar-refractivity contribution in [1.82, 2.24) is 4.90 Å². The number of rotatable bonds is 4. The second kappa shape index (κ2) is 6.87. The molecule has 2 heterocycles. The number of hydrogen-bond acceptors (Lipinski definition) is 4. The van der Waals surface area contributed by atoms with E-state index in [2.05, 4.69) is 12.2 Å². The van der Waals surface area contributed by atoms with Crippen LogP contribution in [0.25, 0.3) is 0 Å². The molecule has 4 rings (SSSR count). The molecular weight excluding hydrogens is 344 g/mol. The number of benzene rings is 2. The molecule has 1 N–H and O–H groups in total. The number of hydrogen-bond donors (Lipinski definition) is 1. The van der Waals surface area contributed by atoms with Crippen molar-refractivity contribution < 1.29 is 19.1 Å². The molecule has 1 fully saturated rings. The van der Waals surface area contributed by atoms with Gasteiger partial charge in [-0.15, -0.1) is 0 Å². The second-order valence-corrected chi connectivity index (χ2v) is 6.74. The van der Waals surface area contributed by atoms with Crippen molar-refractivity contribution in [2.24, 2.45) is 0 Å². The Morgan fingerprint density at radius 2 is 1.89 bits per heavy atom. The lowest BCUT2D eigenvalue weighted by molar-refractivity contribution is -0.144. The number of carbonyl (C=O) groups excluding carboxylic acids is 3. The van der Waals surface area contributed by atoms with E-state index in [1.807, 2.05) is 24.3 Å². The summed E-state index contributed by atoms with van der Waals surface area (Å²) in [6, 6.07) is 13.9. The van der Waals surface area contributed by atoms with Crippen molar-refractivity contribution in [1.29, 1.82) is 0 Å². The van der Waals surface area contributed by atoms with Crippen molar-refractivity contribution in [3.8, 4) is 0 Å². The van der Waals surface area contributed by atoms with Crippen molar-refractivity contribution >= 4 is 23.5 Å². The van der Waals surface area contributed by atoms with Gasteiger partial charge in [-0.1, -0.05) is 37.3 Å². The zero-order valence-electron chi connectivity index (χ0n) is 15.0. The molecule has 2 amide bonds.